The second kappa shape index (κ2) is 3.54. The quantitative estimate of drug-likeness (QED) is 0.849. The van der Waals surface area contributed by atoms with Crippen molar-refractivity contribution in [3.8, 4) is 0 Å². The normalized spacial score (nSPS) is 29.2. The molecule has 3 rings (SSSR count). The van der Waals surface area contributed by atoms with Crippen LogP contribution in [0.5, 0.6) is 0 Å². The standard InChI is InChI=1S/C13H14FNS/c14-13(6-10(15)7-13)5-9-8-16-12-4-2-1-3-11(9)12/h1-4,8,10H,5-7,15H2. The Bertz CT molecular complexity index is 513. The van der Waals surface area contributed by atoms with E-state index in [4.69, 9.17) is 5.73 Å². The van der Waals surface area contributed by atoms with Crippen LogP contribution in [0.1, 0.15) is 18.4 Å². The first-order chi connectivity index (χ1) is 7.66. The zero-order valence-electron chi connectivity index (χ0n) is 8.95. The first-order valence-corrected chi connectivity index (χ1v) is 6.44. The summed E-state index contributed by atoms with van der Waals surface area (Å²) in [6.07, 6.45) is 1.54. The summed E-state index contributed by atoms with van der Waals surface area (Å²) < 4.78 is 15.4. The Hall–Kier alpha value is -0.930. The van der Waals surface area contributed by atoms with E-state index in [2.05, 4.69) is 17.5 Å². The van der Waals surface area contributed by atoms with Crippen LogP contribution in [0.3, 0.4) is 0 Å². The average molecular weight is 235 g/mol. The highest BCUT2D eigenvalue weighted by Crippen LogP contribution is 2.40. The average Bonchev–Trinajstić information content (AvgIpc) is 2.60. The molecule has 3 heteroatoms. The van der Waals surface area contributed by atoms with Crippen molar-refractivity contribution in [1.82, 2.24) is 0 Å². The molecule has 16 heavy (non-hydrogen) atoms. The van der Waals surface area contributed by atoms with Gasteiger partial charge in [0.2, 0.25) is 0 Å². The molecule has 0 aliphatic heterocycles. The minimum atomic E-state index is -1.05. The molecule has 0 saturated heterocycles. The van der Waals surface area contributed by atoms with Crippen LogP contribution in [0.25, 0.3) is 10.1 Å². The zero-order valence-corrected chi connectivity index (χ0v) is 9.77. The van der Waals surface area contributed by atoms with Crippen LogP contribution < -0.4 is 5.73 Å². The fourth-order valence-electron chi connectivity index (χ4n) is 2.54. The molecule has 0 spiro atoms. The SMILES string of the molecule is NC1CC(F)(Cc2csc3ccccc23)C1. The molecule has 1 aliphatic carbocycles. The Kier molecular flexibility index (Phi) is 2.26. The van der Waals surface area contributed by atoms with E-state index in [0.717, 1.165) is 5.56 Å². The van der Waals surface area contributed by atoms with E-state index in [1.807, 2.05) is 12.1 Å². The van der Waals surface area contributed by atoms with Crippen LogP contribution in [-0.2, 0) is 6.42 Å². The van der Waals surface area contributed by atoms with Crippen LogP contribution in [0.2, 0.25) is 0 Å². The van der Waals surface area contributed by atoms with E-state index in [0.29, 0.717) is 19.3 Å². The number of rotatable bonds is 2. The highest BCUT2D eigenvalue weighted by Gasteiger charge is 2.43. The van der Waals surface area contributed by atoms with Gasteiger partial charge in [-0.25, -0.2) is 4.39 Å². The maximum atomic E-state index is 14.2. The van der Waals surface area contributed by atoms with Gasteiger partial charge in [0.05, 0.1) is 0 Å². The smallest absolute Gasteiger partial charge is 0.118 e. The lowest BCUT2D eigenvalue weighted by Gasteiger charge is -2.39. The summed E-state index contributed by atoms with van der Waals surface area (Å²) in [7, 11) is 0. The first-order valence-electron chi connectivity index (χ1n) is 5.56. The molecule has 1 aromatic carbocycles. The largest absolute Gasteiger partial charge is 0.327 e. The number of hydrogen-bond donors (Lipinski definition) is 1. The lowest BCUT2D eigenvalue weighted by atomic mass is 9.74. The Morgan fingerprint density at radius 1 is 1.38 bits per heavy atom. The first kappa shape index (κ1) is 10.2. The maximum Gasteiger partial charge on any atom is 0.118 e. The van der Waals surface area contributed by atoms with Gasteiger partial charge in [-0.2, -0.15) is 0 Å². The Labute approximate surface area is 98.1 Å². The predicted molar refractivity (Wildman–Crippen MR) is 66.6 cm³/mol. The van der Waals surface area contributed by atoms with Gasteiger partial charge in [-0.15, -0.1) is 11.3 Å². The van der Waals surface area contributed by atoms with Crippen molar-refractivity contribution in [1.29, 1.82) is 0 Å². The topological polar surface area (TPSA) is 26.0 Å². The summed E-state index contributed by atoms with van der Waals surface area (Å²) in [4.78, 5) is 0. The summed E-state index contributed by atoms with van der Waals surface area (Å²) >= 11 is 1.69. The molecule has 84 valence electrons. The minimum Gasteiger partial charge on any atom is -0.327 e. The van der Waals surface area contributed by atoms with Crippen molar-refractivity contribution >= 4 is 21.4 Å². The van der Waals surface area contributed by atoms with Gasteiger partial charge in [0.1, 0.15) is 5.67 Å². The number of thiophene rings is 1. The Balaban J connectivity index is 1.90. The Morgan fingerprint density at radius 3 is 2.88 bits per heavy atom. The molecule has 1 saturated carbocycles. The second-order valence-corrected chi connectivity index (χ2v) is 5.66. The van der Waals surface area contributed by atoms with E-state index in [-0.39, 0.29) is 6.04 Å². The van der Waals surface area contributed by atoms with Gasteiger partial charge in [0, 0.05) is 17.2 Å². The van der Waals surface area contributed by atoms with E-state index in [9.17, 15) is 4.39 Å². The van der Waals surface area contributed by atoms with Gasteiger partial charge in [-0.05, 0) is 35.2 Å². The van der Waals surface area contributed by atoms with Gasteiger partial charge in [0.15, 0.2) is 0 Å². The fraction of sp³-hybridized carbons (Fsp3) is 0.385. The fourth-order valence-corrected chi connectivity index (χ4v) is 3.50. The molecule has 1 aromatic heterocycles. The maximum absolute atomic E-state index is 14.2. The molecule has 0 bridgehead atoms. The van der Waals surface area contributed by atoms with Crippen LogP contribution in [-0.4, -0.2) is 11.7 Å². The molecule has 2 aromatic rings. The number of halogens is 1. The number of hydrogen-bond acceptors (Lipinski definition) is 2. The summed E-state index contributed by atoms with van der Waals surface area (Å²) in [6.45, 7) is 0. The highest BCUT2D eigenvalue weighted by molar-refractivity contribution is 7.17. The van der Waals surface area contributed by atoms with E-state index < -0.39 is 5.67 Å². The number of fused-ring (bicyclic) bond motifs is 1. The molecule has 0 unspecified atom stereocenters. The molecule has 1 heterocycles. The van der Waals surface area contributed by atoms with Crippen molar-refractivity contribution in [3.05, 3.63) is 35.2 Å². The summed E-state index contributed by atoms with van der Waals surface area (Å²) in [5.74, 6) is 0. The summed E-state index contributed by atoms with van der Waals surface area (Å²) in [5, 5.41) is 3.28. The van der Waals surface area contributed by atoms with Crippen molar-refractivity contribution in [2.45, 2.75) is 31.0 Å². The van der Waals surface area contributed by atoms with Gasteiger partial charge in [-0.3, -0.25) is 0 Å². The van der Waals surface area contributed by atoms with E-state index >= 15 is 0 Å². The lowest BCUT2D eigenvalue weighted by Crippen LogP contribution is -2.49. The van der Waals surface area contributed by atoms with Crippen molar-refractivity contribution < 1.29 is 4.39 Å². The Morgan fingerprint density at radius 2 is 2.12 bits per heavy atom. The highest BCUT2D eigenvalue weighted by atomic mass is 32.1. The third-order valence-electron chi connectivity index (χ3n) is 3.32. The number of nitrogens with two attached hydrogens (primary N) is 1. The van der Waals surface area contributed by atoms with E-state index in [1.54, 1.807) is 11.3 Å². The molecule has 0 radical (unpaired) electrons. The lowest BCUT2D eigenvalue weighted by molar-refractivity contribution is 0.0448. The van der Waals surface area contributed by atoms with Crippen LogP contribution >= 0.6 is 11.3 Å². The van der Waals surface area contributed by atoms with Crippen LogP contribution in [0.4, 0.5) is 4.39 Å². The van der Waals surface area contributed by atoms with Crippen molar-refractivity contribution in [3.63, 3.8) is 0 Å². The number of alkyl halides is 1. The predicted octanol–water partition coefficient (Wildman–Crippen LogP) is 3.27. The van der Waals surface area contributed by atoms with Crippen LogP contribution in [0, 0.1) is 0 Å². The molecule has 1 nitrogen and oxygen atoms in total. The van der Waals surface area contributed by atoms with Crippen molar-refractivity contribution in [2.24, 2.45) is 5.73 Å². The molecule has 1 aliphatic rings. The van der Waals surface area contributed by atoms with Gasteiger partial charge in [-0.1, -0.05) is 18.2 Å². The molecule has 0 amide bonds. The molecular formula is C13H14FNS. The van der Waals surface area contributed by atoms with E-state index in [1.165, 1.54) is 10.1 Å². The molecule has 0 atom stereocenters. The van der Waals surface area contributed by atoms with Crippen molar-refractivity contribution in [2.75, 3.05) is 0 Å². The second-order valence-electron chi connectivity index (χ2n) is 4.75. The minimum absolute atomic E-state index is 0.0647. The van der Waals surface area contributed by atoms with Gasteiger partial charge >= 0.3 is 0 Å². The molecule has 1 fully saturated rings. The molecular weight excluding hydrogens is 221 g/mol. The number of benzene rings is 1. The van der Waals surface area contributed by atoms with Crippen LogP contribution in [0.15, 0.2) is 29.6 Å². The van der Waals surface area contributed by atoms with Gasteiger partial charge in [0.25, 0.3) is 0 Å². The van der Waals surface area contributed by atoms with Gasteiger partial charge < -0.3 is 5.73 Å². The monoisotopic (exact) mass is 235 g/mol. The third-order valence-corrected chi connectivity index (χ3v) is 4.34. The zero-order chi connectivity index (χ0) is 11.2. The summed E-state index contributed by atoms with van der Waals surface area (Å²) in [5.41, 5.74) is 5.74. The summed E-state index contributed by atoms with van der Waals surface area (Å²) in [6, 6.07) is 8.25. The third kappa shape index (κ3) is 1.64. The molecule has 2 N–H and O–H groups in total.